The molecule has 0 spiro atoms. The number of pyridine rings is 1. The molecule has 2 saturated carbocycles. The summed E-state index contributed by atoms with van der Waals surface area (Å²) in [5, 5.41) is 38.4. The lowest BCUT2D eigenvalue weighted by Crippen LogP contribution is -2.38. The number of hydrogen-bond donors (Lipinski definition) is 5. The van der Waals surface area contributed by atoms with Crippen LogP contribution in [-0.4, -0.2) is 74.0 Å². The molecule has 0 amide bonds. The number of aliphatic hydroxyl groups is 3. The van der Waals surface area contributed by atoms with E-state index in [0.29, 0.717) is 32.0 Å². The fourth-order valence-corrected chi connectivity index (χ4v) is 6.02. The van der Waals surface area contributed by atoms with Crippen molar-refractivity contribution in [3.05, 3.63) is 35.4 Å². The van der Waals surface area contributed by atoms with Crippen molar-refractivity contribution < 1.29 is 20.1 Å². The molecule has 5 unspecified atom stereocenters. The number of imidazole rings is 1. The number of aryl methyl sites for hydroxylation is 1. The average Bonchev–Trinajstić information content (AvgIpc) is 3.13. The lowest BCUT2D eigenvalue weighted by atomic mass is 9.98. The molecule has 2 fully saturated rings. The van der Waals surface area contributed by atoms with Crippen LogP contribution in [0.4, 0.5) is 11.6 Å². The third-order valence-corrected chi connectivity index (χ3v) is 8.07. The highest BCUT2D eigenvalue weighted by Gasteiger charge is 2.74. The van der Waals surface area contributed by atoms with Crippen LogP contribution in [0.25, 0.3) is 22.4 Å². The SMILES string of the molecule is CCOCCNc1nc(NC2C3CC(CO)C(O)C32O)c(-c2nc3ccccc3n2C)c(C)c1CC. The Bertz CT molecular complexity index is 1260. The van der Waals surface area contributed by atoms with Gasteiger partial charge in [0.25, 0.3) is 0 Å². The summed E-state index contributed by atoms with van der Waals surface area (Å²) in [6, 6.07) is 7.68. The first-order chi connectivity index (χ1) is 17.4. The van der Waals surface area contributed by atoms with Crippen LogP contribution in [0.3, 0.4) is 0 Å². The molecule has 2 aromatic heterocycles. The number of nitrogens with one attached hydrogen (secondary N) is 2. The van der Waals surface area contributed by atoms with Crippen LogP contribution >= 0.6 is 0 Å². The van der Waals surface area contributed by atoms with E-state index >= 15 is 0 Å². The number of hydrogen-bond acceptors (Lipinski definition) is 8. The monoisotopic (exact) mass is 495 g/mol. The van der Waals surface area contributed by atoms with Gasteiger partial charge in [-0.05, 0) is 49.9 Å². The Morgan fingerprint density at radius 1 is 1.19 bits per heavy atom. The van der Waals surface area contributed by atoms with Crippen LogP contribution in [-0.2, 0) is 18.2 Å². The summed E-state index contributed by atoms with van der Waals surface area (Å²) in [6.07, 6.45) is 0.391. The summed E-state index contributed by atoms with van der Waals surface area (Å²) >= 11 is 0. The third kappa shape index (κ3) is 3.85. The molecule has 2 heterocycles. The topological polar surface area (TPSA) is 125 Å². The molecule has 0 aliphatic heterocycles. The summed E-state index contributed by atoms with van der Waals surface area (Å²) in [7, 11) is 2.00. The maximum Gasteiger partial charge on any atom is 0.144 e. The number of anilines is 2. The predicted octanol–water partition coefficient (Wildman–Crippen LogP) is 2.47. The maximum atomic E-state index is 11.2. The van der Waals surface area contributed by atoms with Crippen LogP contribution in [0.5, 0.6) is 0 Å². The normalized spacial score (nSPS) is 26.9. The highest BCUT2D eigenvalue weighted by atomic mass is 16.5. The highest BCUT2D eigenvalue weighted by molar-refractivity contribution is 5.86. The van der Waals surface area contributed by atoms with E-state index in [9.17, 15) is 15.3 Å². The predicted molar refractivity (Wildman–Crippen MR) is 140 cm³/mol. The minimum atomic E-state index is -1.27. The Morgan fingerprint density at radius 2 is 1.97 bits per heavy atom. The Morgan fingerprint density at radius 3 is 2.61 bits per heavy atom. The van der Waals surface area contributed by atoms with Crippen molar-refractivity contribution in [3.8, 4) is 11.4 Å². The summed E-state index contributed by atoms with van der Waals surface area (Å²) in [5.41, 5.74) is 3.73. The third-order valence-electron chi connectivity index (χ3n) is 8.07. The molecule has 36 heavy (non-hydrogen) atoms. The van der Waals surface area contributed by atoms with Crippen LogP contribution in [0.15, 0.2) is 24.3 Å². The summed E-state index contributed by atoms with van der Waals surface area (Å²) in [6.45, 7) is 7.91. The molecule has 5 rings (SSSR count). The number of fused-ring (bicyclic) bond motifs is 2. The summed E-state index contributed by atoms with van der Waals surface area (Å²) in [4.78, 5) is 9.97. The van der Waals surface area contributed by atoms with Crippen LogP contribution in [0, 0.1) is 18.8 Å². The highest BCUT2D eigenvalue weighted by Crippen LogP contribution is 2.59. The van der Waals surface area contributed by atoms with Gasteiger partial charge in [-0.3, -0.25) is 0 Å². The van der Waals surface area contributed by atoms with Gasteiger partial charge in [0, 0.05) is 38.6 Å². The second-order valence-corrected chi connectivity index (χ2v) is 9.99. The lowest BCUT2D eigenvalue weighted by molar-refractivity contribution is -0.0281. The minimum absolute atomic E-state index is 0.131. The molecule has 5 atom stereocenters. The first-order valence-corrected chi connectivity index (χ1v) is 12.9. The molecule has 0 bridgehead atoms. The number of para-hydroxylation sites is 2. The van der Waals surface area contributed by atoms with Gasteiger partial charge in [-0.15, -0.1) is 0 Å². The van der Waals surface area contributed by atoms with E-state index in [0.717, 1.165) is 45.8 Å². The number of rotatable bonds is 10. The van der Waals surface area contributed by atoms with E-state index in [-0.39, 0.29) is 24.5 Å². The fraction of sp³-hybridized carbons (Fsp3) is 0.556. The minimum Gasteiger partial charge on any atom is -0.396 e. The number of aromatic nitrogens is 3. The molecule has 2 aliphatic rings. The summed E-state index contributed by atoms with van der Waals surface area (Å²) < 4.78 is 7.58. The van der Waals surface area contributed by atoms with Gasteiger partial charge in [-0.25, -0.2) is 9.97 Å². The van der Waals surface area contributed by atoms with Gasteiger partial charge in [0.15, 0.2) is 0 Å². The van der Waals surface area contributed by atoms with Crippen LogP contribution in [0.2, 0.25) is 0 Å². The van der Waals surface area contributed by atoms with Gasteiger partial charge in [0.2, 0.25) is 0 Å². The molecule has 0 saturated heterocycles. The number of ether oxygens (including phenoxy) is 1. The first kappa shape index (κ1) is 25.0. The zero-order valence-corrected chi connectivity index (χ0v) is 21.5. The van der Waals surface area contributed by atoms with E-state index in [1.807, 2.05) is 38.2 Å². The Hall–Kier alpha value is -2.72. The van der Waals surface area contributed by atoms with Crippen LogP contribution in [0.1, 0.15) is 31.4 Å². The number of nitrogens with zero attached hydrogens (tertiary/aromatic N) is 3. The standard InChI is InChI=1S/C27H37N5O4/c1-5-17-15(3)21(26-29-19-9-7-8-10-20(19)32(26)4)25(31-24(17)28-11-12-36-6-2)30-22-18-13-16(14-33)23(34)27(18,22)35/h7-10,16,18,22-23,33-35H,5-6,11-14H2,1-4H3,(H2,28,30,31). The summed E-state index contributed by atoms with van der Waals surface area (Å²) in [5.74, 6) is 1.77. The van der Waals surface area contributed by atoms with Gasteiger partial charge in [-0.2, -0.15) is 0 Å². The maximum absolute atomic E-state index is 11.2. The van der Waals surface area contributed by atoms with Crippen molar-refractivity contribution in [2.75, 3.05) is 37.0 Å². The molecule has 2 aliphatic carbocycles. The van der Waals surface area contributed by atoms with Gasteiger partial charge in [0.05, 0.1) is 35.3 Å². The Labute approximate surface area is 211 Å². The van der Waals surface area contributed by atoms with Crippen molar-refractivity contribution in [2.24, 2.45) is 18.9 Å². The zero-order chi connectivity index (χ0) is 25.6. The van der Waals surface area contributed by atoms with Crippen molar-refractivity contribution in [1.82, 2.24) is 14.5 Å². The Balaban J connectivity index is 1.58. The van der Waals surface area contributed by atoms with Gasteiger partial charge >= 0.3 is 0 Å². The van der Waals surface area contributed by atoms with E-state index in [4.69, 9.17) is 14.7 Å². The van der Waals surface area contributed by atoms with E-state index in [1.54, 1.807) is 0 Å². The molecule has 5 N–H and O–H groups in total. The molecule has 1 aromatic carbocycles. The molecule has 9 nitrogen and oxygen atoms in total. The first-order valence-electron chi connectivity index (χ1n) is 12.9. The number of benzene rings is 1. The van der Waals surface area contributed by atoms with Gasteiger partial charge in [0.1, 0.15) is 23.1 Å². The van der Waals surface area contributed by atoms with Gasteiger partial charge in [-0.1, -0.05) is 19.1 Å². The van der Waals surface area contributed by atoms with Crippen molar-refractivity contribution in [2.45, 2.75) is 51.4 Å². The Kier molecular flexibility index (Phi) is 6.67. The van der Waals surface area contributed by atoms with Crippen LogP contribution < -0.4 is 10.6 Å². The molecular weight excluding hydrogens is 458 g/mol. The second kappa shape index (κ2) is 9.63. The quantitative estimate of drug-likeness (QED) is 0.272. The molecule has 3 aromatic rings. The van der Waals surface area contributed by atoms with E-state index in [2.05, 4.69) is 29.0 Å². The average molecular weight is 496 g/mol. The molecular formula is C27H37N5O4. The van der Waals surface area contributed by atoms with Crippen molar-refractivity contribution in [3.63, 3.8) is 0 Å². The number of aliphatic hydroxyl groups excluding tert-OH is 2. The molecule has 0 radical (unpaired) electrons. The molecule has 194 valence electrons. The lowest BCUT2D eigenvalue weighted by Gasteiger charge is -2.24. The smallest absolute Gasteiger partial charge is 0.144 e. The zero-order valence-electron chi connectivity index (χ0n) is 21.5. The molecule has 9 heteroatoms. The van der Waals surface area contributed by atoms with E-state index < -0.39 is 11.7 Å². The largest absolute Gasteiger partial charge is 0.396 e. The van der Waals surface area contributed by atoms with Crippen molar-refractivity contribution in [1.29, 1.82) is 0 Å². The fourth-order valence-electron chi connectivity index (χ4n) is 6.02. The van der Waals surface area contributed by atoms with Crippen molar-refractivity contribution >= 4 is 22.7 Å². The van der Waals surface area contributed by atoms with Gasteiger partial charge < -0.3 is 35.3 Å². The second-order valence-electron chi connectivity index (χ2n) is 9.99. The van der Waals surface area contributed by atoms with E-state index in [1.165, 1.54) is 0 Å².